The van der Waals surface area contributed by atoms with E-state index in [0.29, 0.717) is 26.1 Å². The van der Waals surface area contributed by atoms with Gasteiger partial charge in [0, 0.05) is 38.4 Å². The molecule has 0 amide bonds. The lowest BCUT2D eigenvalue weighted by molar-refractivity contribution is 0.0173. The summed E-state index contributed by atoms with van der Waals surface area (Å²) < 4.78 is 34.7. The fraction of sp³-hybridized carbons (Fsp3) is 0.471. The van der Waals surface area contributed by atoms with Crippen molar-refractivity contribution in [3.05, 3.63) is 42.9 Å². The molecule has 134 valence electrons. The van der Waals surface area contributed by atoms with E-state index in [1.165, 1.54) is 16.8 Å². The molecule has 0 saturated carbocycles. The van der Waals surface area contributed by atoms with Crippen LogP contribution in [-0.2, 0) is 21.8 Å². The van der Waals surface area contributed by atoms with E-state index in [9.17, 15) is 8.42 Å². The minimum absolute atomic E-state index is 0.101. The van der Waals surface area contributed by atoms with Gasteiger partial charge in [0.25, 0.3) is 10.0 Å². The molecule has 0 radical (unpaired) electrons. The van der Waals surface area contributed by atoms with Gasteiger partial charge in [0.2, 0.25) is 0 Å². The molecule has 0 aliphatic carbocycles. The smallest absolute Gasteiger partial charge is 0.262 e. The van der Waals surface area contributed by atoms with Crippen LogP contribution in [0.15, 0.2) is 47.9 Å². The Morgan fingerprint density at radius 1 is 1.32 bits per heavy atom. The summed E-state index contributed by atoms with van der Waals surface area (Å²) >= 11 is 0. The van der Waals surface area contributed by atoms with E-state index in [2.05, 4.69) is 10.3 Å². The van der Waals surface area contributed by atoms with Gasteiger partial charge < -0.3 is 14.6 Å². The molecule has 8 heteroatoms. The van der Waals surface area contributed by atoms with E-state index >= 15 is 0 Å². The van der Waals surface area contributed by atoms with E-state index in [1.54, 1.807) is 11.6 Å². The Kier molecular flexibility index (Phi) is 4.05. The summed E-state index contributed by atoms with van der Waals surface area (Å²) in [6, 6.07) is 10.2. The maximum atomic E-state index is 12.7. The van der Waals surface area contributed by atoms with Crippen LogP contribution in [0.25, 0.3) is 0 Å². The van der Waals surface area contributed by atoms with Crippen LogP contribution in [-0.4, -0.2) is 53.6 Å². The van der Waals surface area contributed by atoms with Crippen molar-refractivity contribution >= 4 is 15.7 Å². The lowest BCUT2D eigenvalue weighted by Gasteiger charge is -2.23. The summed E-state index contributed by atoms with van der Waals surface area (Å²) in [6.45, 7) is 1.45. The maximum absolute atomic E-state index is 12.7. The van der Waals surface area contributed by atoms with Gasteiger partial charge in [0.15, 0.2) is 5.03 Å². The minimum atomic E-state index is -3.56. The van der Waals surface area contributed by atoms with Crippen molar-refractivity contribution < 1.29 is 13.2 Å². The molecule has 25 heavy (non-hydrogen) atoms. The van der Waals surface area contributed by atoms with Gasteiger partial charge in [-0.15, -0.1) is 0 Å². The summed E-state index contributed by atoms with van der Waals surface area (Å²) in [5.41, 5.74) is 0.665. The molecule has 0 bridgehead atoms. The first-order valence-electron chi connectivity index (χ1n) is 8.41. The molecule has 7 nitrogen and oxygen atoms in total. The molecule has 1 spiro atoms. The van der Waals surface area contributed by atoms with Crippen molar-refractivity contribution in [3.63, 3.8) is 0 Å². The monoisotopic (exact) mass is 362 g/mol. The molecule has 2 aliphatic heterocycles. The molecule has 2 saturated heterocycles. The largest absolute Gasteiger partial charge is 0.380 e. The number of hydrogen-bond acceptors (Lipinski definition) is 5. The number of nitrogens with zero attached hydrogens (tertiary/aromatic N) is 3. The van der Waals surface area contributed by atoms with Crippen LogP contribution in [0.3, 0.4) is 0 Å². The highest BCUT2D eigenvalue weighted by molar-refractivity contribution is 7.89. The fourth-order valence-electron chi connectivity index (χ4n) is 3.66. The number of aromatic nitrogens is 2. The molecule has 1 N–H and O–H groups in total. The van der Waals surface area contributed by atoms with Gasteiger partial charge in [-0.25, -0.2) is 13.4 Å². The van der Waals surface area contributed by atoms with Crippen molar-refractivity contribution in [1.82, 2.24) is 13.9 Å². The van der Waals surface area contributed by atoms with Crippen LogP contribution in [0.5, 0.6) is 0 Å². The Labute approximate surface area is 147 Å². The Morgan fingerprint density at radius 3 is 2.84 bits per heavy atom. The van der Waals surface area contributed by atoms with E-state index in [0.717, 1.165) is 12.1 Å². The van der Waals surface area contributed by atoms with Gasteiger partial charge in [-0.05, 0) is 18.6 Å². The molecule has 2 atom stereocenters. The molecule has 1 aromatic carbocycles. The standard InChI is InChI=1S/C17H22N4O3S/c1-20-10-16(18-13-20)25(22,23)21-8-7-17(12-21)9-15(11-24-17)19-14-5-3-2-4-6-14/h2-6,10,13,15,19H,7-9,11-12H2,1H3/t15-,17-/m1/s1. The number of imidazole rings is 1. The third kappa shape index (κ3) is 3.17. The predicted octanol–water partition coefficient (Wildman–Crippen LogP) is 1.45. The predicted molar refractivity (Wildman–Crippen MR) is 93.7 cm³/mol. The summed E-state index contributed by atoms with van der Waals surface area (Å²) in [5, 5.41) is 3.57. The first kappa shape index (κ1) is 16.6. The summed E-state index contributed by atoms with van der Waals surface area (Å²) in [7, 11) is -1.80. The van der Waals surface area contributed by atoms with Crippen molar-refractivity contribution in [1.29, 1.82) is 0 Å². The molecule has 2 aliphatic rings. The quantitative estimate of drug-likeness (QED) is 0.891. The highest BCUT2D eigenvalue weighted by Gasteiger charge is 2.49. The third-order valence-electron chi connectivity index (χ3n) is 4.92. The number of aryl methyl sites for hydroxylation is 1. The Morgan fingerprint density at radius 2 is 2.12 bits per heavy atom. The second-order valence-corrected chi connectivity index (χ2v) is 8.76. The average Bonchev–Trinajstić information content (AvgIpc) is 3.31. The second kappa shape index (κ2) is 6.12. The minimum Gasteiger partial charge on any atom is -0.380 e. The van der Waals surface area contributed by atoms with Gasteiger partial charge in [-0.2, -0.15) is 4.31 Å². The SMILES string of the molecule is Cn1cnc(S(=O)(=O)N2CC[C@@]3(C[C@@H](Nc4ccccc4)CO3)C2)c1. The number of rotatable bonds is 4. The Bertz CT molecular complexity index is 852. The average molecular weight is 362 g/mol. The zero-order valence-electron chi connectivity index (χ0n) is 14.1. The summed E-state index contributed by atoms with van der Waals surface area (Å²) in [6.07, 6.45) is 4.56. The van der Waals surface area contributed by atoms with E-state index < -0.39 is 15.6 Å². The van der Waals surface area contributed by atoms with Gasteiger partial charge in [0.05, 0.1) is 24.6 Å². The first-order chi connectivity index (χ1) is 12.0. The zero-order valence-corrected chi connectivity index (χ0v) is 14.9. The van der Waals surface area contributed by atoms with Gasteiger partial charge in [-0.3, -0.25) is 0 Å². The van der Waals surface area contributed by atoms with E-state index in [1.807, 2.05) is 30.3 Å². The van der Waals surface area contributed by atoms with Crippen LogP contribution in [0.1, 0.15) is 12.8 Å². The molecule has 2 fully saturated rings. The summed E-state index contributed by atoms with van der Waals surface area (Å²) in [4.78, 5) is 4.00. The molecule has 4 rings (SSSR count). The third-order valence-corrected chi connectivity index (χ3v) is 6.65. The maximum Gasteiger partial charge on any atom is 0.262 e. The van der Waals surface area contributed by atoms with Crippen LogP contribution in [0.2, 0.25) is 0 Å². The summed E-state index contributed by atoms with van der Waals surface area (Å²) in [5.74, 6) is 0. The lowest BCUT2D eigenvalue weighted by atomic mass is 9.97. The molecule has 3 heterocycles. The van der Waals surface area contributed by atoms with Crippen molar-refractivity contribution in [2.75, 3.05) is 25.0 Å². The van der Waals surface area contributed by atoms with Crippen molar-refractivity contribution in [3.8, 4) is 0 Å². The van der Waals surface area contributed by atoms with Gasteiger partial charge in [0.1, 0.15) is 0 Å². The van der Waals surface area contributed by atoms with Crippen LogP contribution in [0, 0.1) is 0 Å². The zero-order chi connectivity index (χ0) is 17.5. The Balaban J connectivity index is 1.44. The van der Waals surface area contributed by atoms with Crippen molar-refractivity contribution in [2.45, 2.75) is 29.5 Å². The number of anilines is 1. The van der Waals surface area contributed by atoms with Gasteiger partial charge in [-0.1, -0.05) is 18.2 Å². The molecule has 0 unspecified atom stereocenters. The van der Waals surface area contributed by atoms with Crippen LogP contribution >= 0.6 is 0 Å². The first-order valence-corrected chi connectivity index (χ1v) is 9.85. The number of benzene rings is 1. The number of para-hydroxylation sites is 1. The number of sulfonamides is 1. The molecular formula is C17H22N4O3S. The number of nitrogens with one attached hydrogen (secondary N) is 1. The van der Waals surface area contributed by atoms with Crippen LogP contribution in [0.4, 0.5) is 5.69 Å². The number of ether oxygens (including phenoxy) is 1. The topological polar surface area (TPSA) is 76.5 Å². The molecular weight excluding hydrogens is 340 g/mol. The fourth-order valence-corrected chi connectivity index (χ4v) is 5.14. The normalized spacial score (nSPS) is 27.2. The number of hydrogen-bond donors (Lipinski definition) is 1. The molecule has 2 aromatic rings. The highest BCUT2D eigenvalue weighted by Crippen LogP contribution is 2.38. The Hall–Kier alpha value is -1.90. The second-order valence-electron chi connectivity index (χ2n) is 6.87. The van der Waals surface area contributed by atoms with E-state index in [-0.39, 0.29) is 11.1 Å². The van der Waals surface area contributed by atoms with Crippen molar-refractivity contribution in [2.24, 2.45) is 7.05 Å². The molecule has 1 aromatic heterocycles. The van der Waals surface area contributed by atoms with E-state index in [4.69, 9.17) is 4.74 Å². The lowest BCUT2D eigenvalue weighted by Crippen LogP contribution is -2.36. The van der Waals surface area contributed by atoms with Gasteiger partial charge >= 0.3 is 0 Å². The highest BCUT2D eigenvalue weighted by atomic mass is 32.2. The van der Waals surface area contributed by atoms with Crippen LogP contribution < -0.4 is 5.32 Å².